The number of fused-ring (bicyclic) bond motifs is 1. The maximum absolute atomic E-state index is 13.3. The molecule has 0 unspecified atom stereocenters. The molecule has 9 nitrogen and oxygen atoms in total. The zero-order valence-corrected chi connectivity index (χ0v) is 18.0. The molecule has 1 N–H and O–H groups in total. The van der Waals surface area contributed by atoms with Gasteiger partial charge in [-0.25, -0.2) is 8.42 Å². The van der Waals surface area contributed by atoms with Crippen LogP contribution in [0.5, 0.6) is 5.75 Å². The molecular weight excluding hydrogens is 434 g/mol. The third-order valence-electron chi connectivity index (χ3n) is 5.49. The summed E-state index contributed by atoms with van der Waals surface area (Å²) in [5.74, 6) is -0.323. The minimum absolute atomic E-state index is 0.113. The fourth-order valence-electron chi connectivity index (χ4n) is 3.88. The van der Waals surface area contributed by atoms with E-state index in [0.29, 0.717) is 12.8 Å². The maximum Gasteiger partial charge on any atom is 0.271 e. The SMILES string of the molecule is COc1ccc([N+](=O)[O-])cc1NC(=O)[C@H]1CCCN1S(=O)(=O)c1ccc2ccccc2c1. The number of sulfonamides is 1. The van der Waals surface area contributed by atoms with Crippen molar-refractivity contribution >= 4 is 38.1 Å². The van der Waals surface area contributed by atoms with Gasteiger partial charge >= 0.3 is 0 Å². The molecule has 0 aromatic heterocycles. The molecule has 0 radical (unpaired) electrons. The number of carbonyl (C=O) groups excluding carboxylic acids is 1. The third kappa shape index (κ3) is 4.02. The van der Waals surface area contributed by atoms with Crippen LogP contribution in [0.2, 0.25) is 0 Å². The number of carbonyl (C=O) groups is 1. The van der Waals surface area contributed by atoms with Crippen molar-refractivity contribution in [3.05, 3.63) is 70.8 Å². The first-order valence-electron chi connectivity index (χ1n) is 9.95. The van der Waals surface area contributed by atoms with Crippen LogP contribution in [0.1, 0.15) is 12.8 Å². The number of rotatable bonds is 6. The van der Waals surface area contributed by atoms with Crippen molar-refractivity contribution in [3.63, 3.8) is 0 Å². The summed E-state index contributed by atoms with van der Waals surface area (Å²) in [6, 6.07) is 15.2. The Morgan fingerprint density at radius 2 is 1.88 bits per heavy atom. The highest BCUT2D eigenvalue weighted by Crippen LogP contribution is 2.32. The molecule has 3 aromatic carbocycles. The summed E-state index contributed by atoms with van der Waals surface area (Å²) in [6.07, 6.45) is 0.868. The van der Waals surface area contributed by atoms with E-state index in [1.807, 2.05) is 24.3 Å². The topological polar surface area (TPSA) is 119 Å². The van der Waals surface area contributed by atoms with Gasteiger partial charge in [-0.15, -0.1) is 0 Å². The zero-order valence-electron chi connectivity index (χ0n) is 17.2. The van der Waals surface area contributed by atoms with Crippen molar-refractivity contribution in [2.45, 2.75) is 23.8 Å². The van der Waals surface area contributed by atoms with Crippen molar-refractivity contribution in [1.82, 2.24) is 4.31 Å². The summed E-state index contributed by atoms with van der Waals surface area (Å²) in [6.45, 7) is 0.208. The Morgan fingerprint density at radius 3 is 2.59 bits per heavy atom. The molecule has 1 aliphatic heterocycles. The third-order valence-corrected chi connectivity index (χ3v) is 7.39. The van der Waals surface area contributed by atoms with E-state index in [-0.39, 0.29) is 28.6 Å². The summed E-state index contributed by atoms with van der Waals surface area (Å²) in [5.41, 5.74) is -0.102. The van der Waals surface area contributed by atoms with Gasteiger partial charge in [0.2, 0.25) is 15.9 Å². The monoisotopic (exact) mass is 455 g/mol. The number of nitro benzene ring substituents is 1. The van der Waals surface area contributed by atoms with Gasteiger partial charge in [0, 0.05) is 18.7 Å². The standard InChI is InChI=1S/C22H21N3O6S/c1-31-21-11-9-17(25(27)28)14-19(21)23-22(26)20-7-4-12-24(20)32(29,30)18-10-8-15-5-2-3-6-16(15)13-18/h2-3,5-6,8-11,13-14,20H,4,7,12H2,1H3,(H,23,26)/t20-/m1/s1. The second kappa shape index (κ2) is 8.56. The molecule has 1 fully saturated rings. The smallest absolute Gasteiger partial charge is 0.271 e. The lowest BCUT2D eigenvalue weighted by atomic mass is 10.1. The molecule has 0 saturated carbocycles. The summed E-state index contributed by atoms with van der Waals surface area (Å²) in [7, 11) is -2.54. The van der Waals surface area contributed by atoms with E-state index in [1.54, 1.807) is 12.1 Å². The Balaban J connectivity index is 1.62. The van der Waals surface area contributed by atoms with E-state index in [0.717, 1.165) is 10.8 Å². The molecule has 166 valence electrons. The Labute approximate surface area is 184 Å². The zero-order chi connectivity index (χ0) is 22.9. The van der Waals surface area contributed by atoms with E-state index in [4.69, 9.17) is 4.74 Å². The summed E-state index contributed by atoms with van der Waals surface area (Å²) in [4.78, 5) is 23.6. The fourth-order valence-corrected chi connectivity index (χ4v) is 5.57. The number of hydrogen-bond acceptors (Lipinski definition) is 6. The number of non-ortho nitro benzene ring substituents is 1. The summed E-state index contributed by atoms with van der Waals surface area (Å²) < 4.78 is 33.1. The summed E-state index contributed by atoms with van der Waals surface area (Å²) in [5, 5.41) is 15.4. The Kier molecular flexibility index (Phi) is 5.81. The highest BCUT2D eigenvalue weighted by Gasteiger charge is 2.39. The lowest BCUT2D eigenvalue weighted by Crippen LogP contribution is -2.43. The van der Waals surface area contributed by atoms with Crippen LogP contribution < -0.4 is 10.1 Å². The molecule has 0 spiro atoms. The van der Waals surface area contributed by atoms with Crippen LogP contribution in [-0.2, 0) is 14.8 Å². The van der Waals surface area contributed by atoms with Crippen molar-refractivity contribution in [3.8, 4) is 5.75 Å². The van der Waals surface area contributed by atoms with Gasteiger partial charge in [0.15, 0.2) is 0 Å². The van der Waals surface area contributed by atoms with Crippen LogP contribution >= 0.6 is 0 Å². The quantitative estimate of drug-likeness (QED) is 0.448. The molecule has 0 aliphatic carbocycles. The molecule has 1 saturated heterocycles. The number of nitrogens with one attached hydrogen (secondary N) is 1. The number of nitrogens with zero attached hydrogens (tertiary/aromatic N) is 2. The van der Waals surface area contributed by atoms with E-state index < -0.39 is 26.9 Å². The van der Waals surface area contributed by atoms with E-state index in [9.17, 15) is 23.3 Å². The number of ether oxygens (including phenoxy) is 1. The molecule has 10 heteroatoms. The number of amides is 1. The fraction of sp³-hybridized carbons (Fsp3) is 0.227. The number of methoxy groups -OCH3 is 1. The lowest BCUT2D eigenvalue weighted by molar-refractivity contribution is -0.384. The molecular formula is C22H21N3O6S. The second-order valence-corrected chi connectivity index (χ2v) is 9.30. The molecule has 1 amide bonds. The summed E-state index contributed by atoms with van der Waals surface area (Å²) >= 11 is 0. The number of nitro groups is 1. The van der Waals surface area contributed by atoms with Crippen LogP contribution in [0, 0.1) is 10.1 Å². The van der Waals surface area contributed by atoms with Crippen LogP contribution in [-0.4, -0.2) is 43.2 Å². The van der Waals surface area contributed by atoms with Gasteiger partial charge in [0.05, 0.1) is 22.6 Å². The Morgan fingerprint density at radius 1 is 1.12 bits per heavy atom. The van der Waals surface area contributed by atoms with Crippen molar-refractivity contribution < 1.29 is 22.9 Å². The predicted molar refractivity (Wildman–Crippen MR) is 119 cm³/mol. The highest BCUT2D eigenvalue weighted by atomic mass is 32.2. The number of benzene rings is 3. The lowest BCUT2D eigenvalue weighted by Gasteiger charge is -2.24. The molecule has 1 heterocycles. The largest absolute Gasteiger partial charge is 0.495 e. The van der Waals surface area contributed by atoms with Gasteiger partial charge in [-0.2, -0.15) is 4.31 Å². The van der Waals surface area contributed by atoms with Crippen LogP contribution in [0.15, 0.2) is 65.6 Å². The van der Waals surface area contributed by atoms with Crippen LogP contribution in [0.4, 0.5) is 11.4 Å². The maximum atomic E-state index is 13.3. The Hall–Kier alpha value is -3.50. The molecule has 1 atom stereocenters. The van der Waals surface area contributed by atoms with Gasteiger partial charge < -0.3 is 10.1 Å². The molecule has 4 rings (SSSR count). The van der Waals surface area contributed by atoms with Crippen molar-refractivity contribution in [2.24, 2.45) is 0 Å². The Bertz CT molecular complexity index is 1310. The second-order valence-electron chi connectivity index (χ2n) is 7.41. The average molecular weight is 455 g/mol. The predicted octanol–water partition coefficient (Wildman–Crippen LogP) is 3.55. The van der Waals surface area contributed by atoms with Crippen LogP contribution in [0.25, 0.3) is 10.8 Å². The minimum Gasteiger partial charge on any atom is -0.495 e. The van der Waals surface area contributed by atoms with E-state index in [2.05, 4.69) is 5.32 Å². The molecule has 0 bridgehead atoms. The average Bonchev–Trinajstić information content (AvgIpc) is 3.30. The minimum atomic E-state index is -3.92. The van der Waals surface area contributed by atoms with Gasteiger partial charge in [0.1, 0.15) is 11.8 Å². The van der Waals surface area contributed by atoms with Gasteiger partial charge in [-0.05, 0) is 41.8 Å². The first-order chi connectivity index (χ1) is 15.3. The number of hydrogen-bond donors (Lipinski definition) is 1. The van der Waals surface area contributed by atoms with Crippen LogP contribution in [0.3, 0.4) is 0 Å². The molecule has 1 aliphatic rings. The van der Waals surface area contributed by atoms with Crippen molar-refractivity contribution in [1.29, 1.82) is 0 Å². The first-order valence-corrected chi connectivity index (χ1v) is 11.4. The number of anilines is 1. The molecule has 3 aromatic rings. The van der Waals surface area contributed by atoms with Crippen molar-refractivity contribution in [2.75, 3.05) is 19.0 Å². The highest BCUT2D eigenvalue weighted by molar-refractivity contribution is 7.89. The molecule has 32 heavy (non-hydrogen) atoms. The van der Waals surface area contributed by atoms with E-state index in [1.165, 1.54) is 35.7 Å². The van der Waals surface area contributed by atoms with E-state index >= 15 is 0 Å². The van der Waals surface area contributed by atoms with Gasteiger partial charge in [-0.1, -0.05) is 30.3 Å². The first kappa shape index (κ1) is 21.7. The van der Waals surface area contributed by atoms with Gasteiger partial charge in [0.25, 0.3) is 5.69 Å². The van der Waals surface area contributed by atoms with Gasteiger partial charge in [-0.3, -0.25) is 14.9 Å². The normalized spacial score (nSPS) is 16.7.